The lowest BCUT2D eigenvalue weighted by atomic mass is 9.97. The fourth-order valence-corrected chi connectivity index (χ4v) is 3.03. The number of carbonyl (C=O) groups excluding carboxylic acids is 2. The van der Waals surface area contributed by atoms with Crippen molar-refractivity contribution >= 4 is 23.0 Å². The highest BCUT2D eigenvalue weighted by Crippen LogP contribution is 2.44. The Balaban J connectivity index is 2.07. The molecule has 2 aromatic carbocycles. The number of oxime groups is 1. The minimum Gasteiger partial charge on any atom is -0.318 e. The zero-order valence-electron chi connectivity index (χ0n) is 15.0. The summed E-state index contributed by atoms with van der Waals surface area (Å²) < 4.78 is 0. The molecule has 0 fully saturated rings. The van der Waals surface area contributed by atoms with E-state index in [1.807, 2.05) is 37.3 Å². The summed E-state index contributed by atoms with van der Waals surface area (Å²) >= 11 is 0. The summed E-state index contributed by atoms with van der Waals surface area (Å²) in [5.74, 6) is -0.840. The van der Waals surface area contributed by atoms with Gasteiger partial charge in [0, 0.05) is 12.5 Å². The summed E-state index contributed by atoms with van der Waals surface area (Å²) in [5.41, 5.74) is 6.94. The van der Waals surface area contributed by atoms with E-state index in [-0.39, 0.29) is 11.5 Å². The number of nitrogens with zero attached hydrogens (tertiary/aromatic N) is 1. The fourth-order valence-electron chi connectivity index (χ4n) is 3.03. The van der Waals surface area contributed by atoms with Crippen molar-refractivity contribution in [2.45, 2.75) is 20.8 Å². The third-order valence-electron chi connectivity index (χ3n) is 4.11. The number of ketones is 1. The Morgan fingerprint density at radius 2 is 1.62 bits per heavy atom. The van der Waals surface area contributed by atoms with Gasteiger partial charge >= 0.3 is 5.97 Å². The maximum Gasteiger partial charge on any atom is 0.331 e. The second kappa shape index (κ2) is 6.92. The molecular weight excluding hydrogens is 326 g/mol. The minimum atomic E-state index is -0.562. The second-order valence-electron chi connectivity index (χ2n) is 6.30. The first-order valence-electron chi connectivity index (χ1n) is 8.26. The lowest BCUT2D eigenvalue weighted by Crippen LogP contribution is -2.12. The third-order valence-corrected chi connectivity index (χ3v) is 4.11. The molecule has 26 heavy (non-hydrogen) atoms. The molecule has 0 spiro atoms. The molecule has 4 nitrogen and oxygen atoms in total. The summed E-state index contributed by atoms with van der Waals surface area (Å²) in [6.07, 6.45) is 2.03. The molecule has 0 saturated heterocycles. The molecule has 1 aliphatic carbocycles. The van der Waals surface area contributed by atoms with Crippen LogP contribution in [0.2, 0.25) is 0 Å². The Morgan fingerprint density at radius 1 is 0.962 bits per heavy atom. The van der Waals surface area contributed by atoms with E-state index in [0.717, 1.165) is 33.4 Å². The number of carbonyl (C=O) groups is 2. The van der Waals surface area contributed by atoms with Gasteiger partial charge in [-0.2, -0.15) is 0 Å². The van der Waals surface area contributed by atoms with Gasteiger partial charge in [0.05, 0.1) is 0 Å². The highest BCUT2D eigenvalue weighted by atomic mass is 16.7. The maximum absolute atomic E-state index is 12.6. The molecule has 0 amide bonds. The van der Waals surface area contributed by atoms with Crippen LogP contribution in [-0.2, 0) is 9.63 Å². The van der Waals surface area contributed by atoms with Crippen molar-refractivity contribution in [3.8, 4) is 11.1 Å². The van der Waals surface area contributed by atoms with Crippen molar-refractivity contribution < 1.29 is 14.4 Å². The number of allylic oxidation sites excluding steroid dienone is 2. The first-order chi connectivity index (χ1) is 12.4. The van der Waals surface area contributed by atoms with Gasteiger partial charge in [-0.05, 0) is 47.7 Å². The Bertz CT molecular complexity index is 996. The number of hydrogen-bond donors (Lipinski definition) is 0. The van der Waals surface area contributed by atoms with Crippen molar-refractivity contribution in [3.05, 3.63) is 77.4 Å². The Labute approximate surface area is 152 Å². The Kier molecular flexibility index (Phi) is 4.67. The van der Waals surface area contributed by atoms with Crippen LogP contribution in [-0.4, -0.2) is 17.5 Å². The van der Waals surface area contributed by atoms with Gasteiger partial charge in [0.2, 0.25) is 5.78 Å². The minimum absolute atomic E-state index is 0.126. The van der Waals surface area contributed by atoms with Crippen LogP contribution in [0.5, 0.6) is 0 Å². The predicted octanol–water partition coefficient (Wildman–Crippen LogP) is 4.80. The summed E-state index contributed by atoms with van der Waals surface area (Å²) in [5, 5.41) is 3.59. The molecule has 0 atom stereocenters. The number of Topliss-reactive ketones (excluding diaryl/α,β-unsaturated/α-hetero) is 1. The molecule has 0 unspecified atom stereocenters. The average molecular weight is 345 g/mol. The first kappa shape index (κ1) is 17.5. The zero-order chi connectivity index (χ0) is 18.8. The van der Waals surface area contributed by atoms with Gasteiger partial charge in [-0.25, -0.2) is 4.79 Å². The van der Waals surface area contributed by atoms with Gasteiger partial charge in [-0.1, -0.05) is 59.8 Å². The number of rotatable bonds is 4. The van der Waals surface area contributed by atoms with Crippen LogP contribution >= 0.6 is 0 Å². The normalized spacial score (nSPS) is 14.0. The summed E-state index contributed by atoms with van der Waals surface area (Å²) in [4.78, 5) is 28.0. The fraction of sp³-hybridized carbons (Fsp3) is 0.136. The molecule has 130 valence electrons. The van der Waals surface area contributed by atoms with Crippen molar-refractivity contribution in [2.75, 3.05) is 0 Å². The van der Waals surface area contributed by atoms with Crippen molar-refractivity contribution in [1.82, 2.24) is 0 Å². The number of benzene rings is 2. The van der Waals surface area contributed by atoms with Crippen LogP contribution in [0.4, 0.5) is 0 Å². The lowest BCUT2D eigenvalue weighted by molar-refractivity contribution is -0.140. The summed E-state index contributed by atoms with van der Waals surface area (Å²) in [6.45, 7) is 8.69. The number of hydrogen-bond acceptors (Lipinski definition) is 4. The van der Waals surface area contributed by atoms with E-state index in [9.17, 15) is 9.59 Å². The monoisotopic (exact) mass is 345 g/mol. The molecule has 0 heterocycles. The Hall–Kier alpha value is -3.27. The van der Waals surface area contributed by atoms with E-state index in [1.165, 1.54) is 13.8 Å². The van der Waals surface area contributed by atoms with Crippen LogP contribution in [0.15, 0.2) is 65.8 Å². The molecule has 0 aliphatic heterocycles. The van der Waals surface area contributed by atoms with Gasteiger partial charge in [0.25, 0.3) is 0 Å². The molecule has 0 saturated carbocycles. The molecule has 0 aromatic heterocycles. The second-order valence-corrected chi connectivity index (χ2v) is 6.30. The van der Waals surface area contributed by atoms with Crippen molar-refractivity contribution in [3.63, 3.8) is 0 Å². The van der Waals surface area contributed by atoms with Crippen LogP contribution in [0.3, 0.4) is 0 Å². The van der Waals surface area contributed by atoms with Crippen LogP contribution in [0.25, 0.3) is 16.7 Å². The van der Waals surface area contributed by atoms with Crippen molar-refractivity contribution in [1.29, 1.82) is 0 Å². The molecule has 3 rings (SSSR count). The molecule has 4 heteroatoms. The van der Waals surface area contributed by atoms with E-state index in [0.29, 0.717) is 5.56 Å². The van der Waals surface area contributed by atoms with Gasteiger partial charge in [-0.3, -0.25) is 4.79 Å². The lowest BCUT2D eigenvalue weighted by Gasteiger charge is -2.06. The molecular formula is C22H19NO3. The Morgan fingerprint density at radius 3 is 2.27 bits per heavy atom. The van der Waals surface area contributed by atoms with Gasteiger partial charge in [0.15, 0.2) is 0 Å². The third kappa shape index (κ3) is 3.26. The molecule has 0 N–H and O–H groups in total. The molecule has 0 radical (unpaired) electrons. The maximum atomic E-state index is 12.6. The first-order valence-corrected chi connectivity index (χ1v) is 8.26. The smallest absolute Gasteiger partial charge is 0.318 e. The highest BCUT2D eigenvalue weighted by Gasteiger charge is 2.24. The van der Waals surface area contributed by atoms with E-state index in [4.69, 9.17) is 0 Å². The summed E-state index contributed by atoms with van der Waals surface area (Å²) in [7, 11) is 0. The van der Waals surface area contributed by atoms with Gasteiger partial charge in [0.1, 0.15) is 5.71 Å². The van der Waals surface area contributed by atoms with E-state index in [2.05, 4.69) is 28.7 Å². The van der Waals surface area contributed by atoms with Gasteiger partial charge in [-0.15, -0.1) is 0 Å². The standard InChI is InChI=1S/C22H19NO3/c1-13(2)11-20-18-8-6-5-7-17(18)19-10-9-16(12-21(19)20)22(25)14(3)23-26-15(4)24/h5-12H,1H2,2-4H3/b20-11-,23-14-. The zero-order valence-corrected chi connectivity index (χ0v) is 15.0. The topological polar surface area (TPSA) is 55.7 Å². The SMILES string of the molecule is C=C(C)/C=C1/c2ccccc2-c2ccc(C(=O)/C(C)=N\OC(C)=O)cc21. The molecule has 2 aromatic rings. The van der Waals surface area contributed by atoms with E-state index < -0.39 is 5.97 Å². The van der Waals surface area contributed by atoms with Crippen LogP contribution < -0.4 is 0 Å². The van der Waals surface area contributed by atoms with Gasteiger partial charge < -0.3 is 4.84 Å². The quantitative estimate of drug-likeness (QED) is 0.295. The predicted molar refractivity (Wildman–Crippen MR) is 103 cm³/mol. The molecule has 1 aliphatic rings. The number of fused-ring (bicyclic) bond motifs is 3. The highest BCUT2D eigenvalue weighted by molar-refractivity contribution is 6.45. The van der Waals surface area contributed by atoms with Crippen molar-refractivity contribution in [2.24, 2.45) is 5.16 Å². The molecule has 0 bridgehead atoms. The average Bonchev–Trinajstić information content (AvgIpc) is 2.92. The van der Waals surface area contributed by atoms with Crippen LogP contribution in [0, 0.1) is 0 Å². The van der Waals surface area contributed by atoms with E-state index in [1.54, 1.807) is 6.07 Å². The van der Waals surface area contributed by atoms with Crippen LogP contribution in [0.1, 0.15) is 42.3 Å². The van der Waals surface area contributed by atoms with E-state index >= 15 is 0 Å². The summed E-state index contributed by atoms with van der Waals surface area (Å²) in [6, 6.07) is 13.7. The largest absolute Gasteiger partial charge is 0.331 e.